The van der Waals surface area contributed by atoms with Gasteiger partial charge < -0.3 is 20.1 Å². The Bertz CT molecular complexity index is 325. The van der Waals surface area contributed by atoms with Gasteiger partial charge in [-0.1, -0.05) is 13.8 Å². The number of hydrogen-bond acceptors (Lipinski definition) is 5. The predicted molar refractivity (Wildman–Crippen MR) is 70.4 cm³/mol. The van der Waals surface area contributed by atoms with Gasteiger partial charge in [-0.25, -0.2) is 0 Å². The minimum Gasteiger partial charge on any atom is -0.465 e. The van der Waals surface area contributed by atoms with E-state index in [1.807, 2.05) is 13.8 Å². The van der Waals surface area contributed by atoms with Crippen molar-refractivity contribution in [1.29, 1.82) is 0 Å². The first-order valence-electron chi connectivity index (χ1n) is 6.70. The van der Waals surface area contributed by atoms with Crippen LogP contribution in [0.15, 0.2) is 0 Å². The van der Waals surface area contributed by atoms with Crippen LogP contribution in [0.2, 0.25) is 0 Å². The maximum atomic E-state index is 12.5. The first-order chi connectivity index (χ1) is 8.89. The average molecular weight is 272 g/mol. The molecule has 1 heterocycles. The molecule has 1 aliphatic heterocycles. The fourth-order valence-corrected chi connectivity index (χ4v) is 2.09. The summed E-state index contributed by atoms with van der Waals surface area (Å²) in [4.78, 5) is 25.5. The molecule has 110 valence electrons. The van der Waals surface area contributed by atoms with Crippen molar-refractivity contribution >= 4 is 11.9 Å². The average Bonchev–Trinajstić information content (AvgIpc) is 2.75. The number of carbonyl (C=O) groups is 2. The van der Waals surface area contributed by atoms with E-state index in [4.69, 9.17) is 15.2 Å². The summed E-state index contributed by atoms with van der Waals surface area (Å²) in [5.41, 5.74) is 5.06. The number of rotatable bonds is 6. The van der Waals surface area contributed by atoms with E-state index in [2.05, 4.69) is 0 Å². The Morgan fingerprint density at radius 1 is 1.47 bits per heavy atom. The molecule has 2 N–H and O–H groups in total. The molecule has 0 spiro atoms. The fourth-order valence-electron chi connectivity index (χ4n) is 2.09. The molecular formula is C13H24N2O4. The number of ether oxygens (including phenoxy) is 2. The number of hydrogen-bond donors (Lipinski definition) is 1. The van der Waals surface area contributed by atoms with Crippen LogP contribution in [0.3, 0.4) is 0 Å². The molecule has 0 saturated carbocycles. The zero-order valence-corrected chi connectivity index (χ0v) is 12.0. The smallest absolute Gasteiger partial charge is 0.325 e. The van der Waals surface area contributed by atoms with Crippen LogP contribution in [0.1, 0.15) is 27.2 Å². The van der Waals surface area contributed by atoms with E-state index >= 15 is 0 Å². The van der Waals surface area contributed by atoms with Crippen LogP contribution in [0.25, 0.3) is 0 Å². The summed E-state index contributed by atoms with van der Waals surface area (Å²) in [7, 11) is 0. The topological polar surface area (TPSA) is 81.9 Å². The summed E-state index contributed by atoms with van der Waals surface area (Å²) in [6, 6.07) is 0. The third-order valence-corrected chi connectivity index (χ3v) is 2.98. The van der Waals surface area contributed by atoms with Crippen molar-refractivity contribution in [1.82, 2.24) is 4.90 Å². The Kier molecular flexibility index (Phi) is 5.75. The van der Waals surface area contributed by atoms with E-state index in [0.717, 1.165) is 0 Å². The Morgan fingerprint density at radius 3 is 2.63 bits per heavy atom. The summed E-state index contributed by atoms with van der Waals surface area (Å²) < 4.78 is 10.1. The third-order valence-electron chi connectivity index (χ3n) is 2.98. The molecule has 1 fully saturated rings. The number of nitrogens with zero attached hydrogens (tertiary/aromatic N) is 1. The summed E-state index contributed by atoms with van der Waals surface area (Å²) in [6.45, 7) is 7.14. The van der Waals surface area contributed by atoms with Crippen LogP contribution in [0, 0.1) is 5.92 Å². The summed E-state index contributed by atoms with van der Waals surface area (Å²) in [5, 5.41) is 0. The maximum Gasteiger partial charge on any atom is 0.325 e. The fraction of sp³-hybridized carbons (Fsp3) is 0.846. The highest BCUT2D eigenvalue weighted by atomic mass is 16.5. The van der Waals surface area contributed by atoms with Gasteiger partial charge in [0.1, 0.15) is 12.1 Å². The van der Waals surface area contributed by atoms with Gasteiger partial charge in [0.25, 0.3) is 0 Å². The van der Waals surface area contributed by atoms with Crippen molar-refractivity contribution in [3.63, 3.8) is 0 Å². The number of carbonyl (C=O) groups excluding carboxylic acids is 2. The van der Waals surface area contributed by atoms with Gasteiger partial charge in [0.05, 0.1) is 13.2 Å². The second kappa shape index (κ2) is 6.86. The molecule has 0 radical (unpaired) electrons. The molecule has 1 aliphatic rings. The highest BCUT2D eigenvalue weighted by Gasteiger charge is 2.41. The highest BCUT2D eigenvalue weighted by Crippen LogP contribution is 2.19. The second-order valence-corrected chi connectivity index (χ2v) is 5.34. The van der Waals surface area contributed by atoms with Crippen molar-refractivity contribution in [3.05, 3.63) is 0 Å². The number of esters is 1. The van der Waals surface area contributed by atoms with Gasteiger partial charge in [0, 0.05) is 13.2 Å². The molecule has 19 heavy (non-hydrogen) atoms. The monoisotopic (exact) mass is 272 g/mol. The Hall–Kier alpha value is -1.14. The second-order valence-electron chi connectivity index (χ2n) is 5.34. The van der Waals surface area contributed by atoms with Crippen LogP contribution in [0.4, 0.5) is 0 Å². The van der Waals surface area contributed by atoms with E-state index in [1.54, 1.807) is 6.92 Å². The molecule has 1 rings (SSSR count). The zero-order valence-electron chi connectivity index (χ0n) is 12.0. The van der Waals surface area contributed by atoms with Crippen molar-refractivity contribution in [2.75, 3.05) is 32.9 Å². The highest BCUT2D eigenvalue weighted by molar-refractivity contribution is 5.89. The molecule has 1 atom stereocenters. The van der Waals surface area contributed by atoms with Gasteiger partial charge in [-0.05, 0) is 19.3 Å². The molecule has 0 aromatic heterocycles. The molecule has 0 aromatic carbocycles. The number of amides is 1. The molecule has 0 aromatic rings. The quantitative estimate of drug-likeness (QED) is 0.696. The maximum absolute atomic E-state index is 12.5. The minimum absolute atomic E-state index is 0.0518. The molecule has 6 heteroatoms. The first kappa shape index (κ1) is 15.9. The van der Waals surface area contributed by atoms with Crippen molar-refractivity contribution in [2.45, 2.75) is 32.7 Å². The lowest BCUT2D eigenvalue weighted by Crippen LogP contribution is -2.57. The van der Waals surface area contributed by atoms with Crippen LogP contribution in [0.5, 0.6) is 0 Å². The van der Waals surface area contributed by atoms with Gasteiger partial charge in [-0.15, -0.1) is 0 Å². The lowest BCUT2D eigenvalue weighted by molar-refractivity contribution is -0.151. The van der Waals surface area contributed by atoms with Crippen molar-refractivity contribution in [3.8, 4) is 0 Å². The SMILES string of the molecule is CCOC(=O)CN(CC(C)C)C(=O)C1(N)CCOC1. The van der Waals surface area contributed by atoms with Crippen LogP contribution < -0.4 is 5.73 Å². The Balaban J connectivity index is 2.72. The Labute approximate surface area is 114 Å². The molecule has 0 aliphatic carbocycles. The summed E-state index contributed by atoms with van der Waals surface area (Å²) in [5.74, 6) is -0.380. The minimum atomic E-state index is -0.999. The summed E-state index contributed by atoms with van der Waals surface area (Å²) >= 11 is 0. The Morgan fingerprint density at radius 2 is 2.16 bits per heavy atom. The van der Waals surface area contributed by atoms with Crippen molar-refractivity contribution < 1.29 is 19.1 Å². The largest absolute Gasteiger partial charge is 0.465 e. The van der Waals surface area contributed by atoms with Crippen LogP contribution in [-0.2, 0) is 19.1 Å². The molecule has 1 unspecified atom stereocenters. The zero-order chi connectivity index (χ0) is 14.5. The molecule has 1 amide bonds. The molecule has 0 bridgehead atoms. The predicted octanol–water partition coefficient (Wildman–Crippen LogP) is 0.152. The van der Waals surface area contributed by atoms with Gasteiger partial charge in [0.2, 0.25) is 5.91 Å². The van der Waals surface area contributed by atoms with Gasteiger partial charge in [0.15, 0.2) is 0 Å². The van der Waals surface area contributed by atoms with E-state index in [9.17, 15) is 9.59 Å². The van der Waals surface area contributed by atoms with Gasteiger partial charge >= 0.3 is 5.97 Å². The van der Waals surface area contributed by atoms with E-state index in [0.29, 0.717) is 26.2 Å². The standard InChI is InChI=1S/C13H24N2O4/c1-4-19-11(16)8-15(7-10(2)3)12(17)13(14)5-6-18-9-13/h10H,4-9,14H2,1-3H3. The third kappa shape index (κ3) is 4.47. The lowest BCUT2D eigenvalue weighted by Gasteiger charge is -2.31. The van der Waals surface area contributed by atoms with Crippen LogP contribution in [-0.4, -0.2) is 55.2 Å². The molecule has 6 nitrogen and oxygen atoms in total. The first-order valence-corrected chi connectivity index (χ1v) is 6.70. The van der Waals surface area contributed by atoms with E-state index in [1.165, 1.54) is 4.90 Å². The van der Waals surface area contributed by atoms with Crippen molar-refractivity contribution in [2.24, 2.45) is 11.7 Å². The lowest BCUT2D eigenvalue weighted by atomic mass is 9.97. The van der Waals surface area contributed by atoms with E-state index in [-0.39, 0.29) is 25.0 Å². The van der Waals surface area contributed by atoms with E-state index < -0.39 is 11.5 Å². The normalized spacial score (nSPS) is 22.6. The summed E-state index contributed by atoms with van der Waals surface area (Å²) in [6.07, 6.45) is 0.489. The number of nitrogens with two attached hydrogens (primary N) is 1. The van der Waals surface area contributed by atoms with Gasteiger partial charge in [-0.2, -0.15) is 0 Å². The van der Waals surface area contributed by atoms with Gasteiger partial charge in [-0.3, -0.25) is 9.59 Å². The molecular weight excluding hydrogens is 248 g/mol. The molecule has 1 saturated heterocycles. The van der Waals surface area contributed by atoms with Crippen LogP contribution >= 0.6 is 0 Å².